The van der Waals surface area contributed by atoms with Crippen LogP contribution in [0.4, 0.5) is 4.39 Å². The van der Waals surface area contributed by atoms with Crippen LogP contribution in [0.2, 0.25) is 5.02 Å². The van der Waals surface area contributed by atoms with Crippen molar-refractivity contribution in [2.24, 2.45) is 0 Å². The van der Waals surface area contributed by atoms with Gasteiger partial charge in [-0.1, -0.05) is 35.8 Å². The van der Waals surface area contributed by atoms with Crippen molar-refractivity contribution in [2.45, 2.75) is 36.7 Å². The lowest BCUT2D eigenvalue weighted by Crippen LogP contribution is -2.48. The largest absolute Gasteiger partial charge is 0.338 e. The molecule has 1 aromatic heterocycles. The van der Waals surface area contributed by atoms with Gasteiger partial charge >= 0.3 is 0 Å². The summed E-state index contributed by atoms with van der Waals surface area (Å²) >= 11 is 11.5. The summed E-state index contributed by atoms with van der Waals surface area (Å²) < 4.78 is 19.9. The van der Waals surface area contributed by atoms with Gasteiger partial charge in [-0.15, -0.1) is 11.6 Å². The molecule has 0 amide bonds. The Bertz CT molecular complexity index is 620. The van der Waals surface area contributed by atoms with E-state index in [1.807, 2.05) is 6.92 Å². The molecule has 0 spiro atoms. The summed E-state index contributed by atoms with van der Waals surface area (Å²) in [7, 11) is 0. The first kappa shape index (κ1) is 13.8. The van der Waals surface area contributed by atoms with Crippen LogP contribution in [0.5, 0.6) is 0 Å². The van der Waals surface area contributed by atoms with E-state index in [0.717, 1.165) is 0 Å². The van der Waals surface area contributed by atoms with Crippen molar-refractivity contribution >= 4 is 23.2 Å². The van der Waals surface area contributed by atoms with E-state index in [0.29, 0.717) is 35.1 Å². The van der Waals surface area contributed by atoms with E-state index in [2.05, 4.69) is 10.1 Å². The van der Waals surface area contributed by atoms with Gasteiger partial charge in [0.1, 0.15) is 11.5 Å². The second-order valence-electron chi connectivity index (χ2n) is 5.53. The van der Waals surface area contributed by atoms with Crippen LogP contribution in [-0.4, -0.2) is 10.1 Å². The molecule has 1 saturated carbocycles. The molecule has 106 valence electrons. The number of alkyl halides is 2. The molecule has 0 radical (unpaired) electrons. The fourth-order valence-corrected chi connectivity index (χ4v) is 3.08. The Balaban J connectivity index is 1.80. The molecule has 2 aromatic rings. The third kappa shape index (κ3) is 2.21. The van der Waals surface area contributed by atoms with Crippen LogP contribution in [0.3, 0.4) is 0 Å². The van der Waals surface area contributed by atoms with Crippen LogP contribution < -0.4 is 0 Å². The Morgan fingerprint density at radius 2 is 1.95 bits per heavy atom. The molecule has 1 aliphatic rings. The first-order valence-electron chi connectivity index (χ1n) is 6.29. The minimum atomic E-state index is -1.36. The van der Waals surface area contributed by atoms with E-state index in [9.17, 15) is 4.39 Å². The maximum Gasteiger partial charge on any atom is 0.241 e. The smallest absolute Gasteiger partial charge is 0.241 e. The number of hydrogen-bond donors (Lipinski definition) is 0. The van der Waals surface area contributed by atoms with Gasteiger partial charge in [0.05, 0.1) is 0 Å². The third-order valence-corrected chi connectivity index (χ3v) is 4.31. The van der Waals surface area contributed by atoms with Crippen molar-refractivity contribution in [1.29, 1.82) is 0 Å². The van der Waals surface area contributed by atoms with Crippen molar-refractivity contribution < 1.29 is 8.91 Å². The van der Waals surface area contributed by atoms with Gasteiger partial charge in [-0.2, -0.15) is 4.98 Å². The third-order valence-electron chi connectivity index (χ3n) is 3.82. The van der Waals surface area contributed by atoms with Gasteiger partial charge in [-0.05, 0) is 30.5 Å². The Hall–Kier alpha value is -1.13. The molecule has 1 aliphatic carbocycles. The normalized spacial score (nSPS) is 29.2. The maximum absolute atomic E-state index is 14.9. The minimum absolute atomic E-state index is 0.168. The Morgan fingerprint density at radius 3 is 2.50 bits per heavy atom. The molecule has 3 nitrogen and oxygen atoms in total. The predicted octanol–water partition coefficient (Wildman–Crippen LogP) is 4.38. The summed E-state index contributed by atoms with van der Waals surface area (Å²) in [6, 6.07) is 6.85. The van der Waals surface area contributed by atoms with Crippen LogP contribution in [0.15, 0.2) is 28.8 Å². The second-order valence-corrected chi connectivity index (χ2v) is 6.24. The Morgan fingerprint density at radius 1 is 1.30 bits per heavy atom. The molecule has 1 heterocycles. The molecule has 1 fully saturated rings. The van der Waals surface area contributed by atoms with Crippen molar-refractivity contribution in [3.05, 3.63) is 46.6 Å². The quantitative estimate of drug-likeness (QED) is 0.789. The Labute approximate surface area is 126 Å². The molecule has 0 bridgehead atoms. The molecule has 3 rings (SSSR count). The zero-order valence-electron chi connectivity index (χ0n) is 10.9. The summed E-state index contributed by atoms with van der Waals surface area (Å²) in [5, 5.41) is 4.50. The highest BCUT2D eigenvalue weighted by Crippen LogP contribution is 2.56. The fourth-order valence-electron chi connectivity index (χ4n) is 2.85. The summed E-state index contributed by atoms with van der Waals surface area (Å²) in [4.78, 5) is 4.20. The highest BCUT2D eigenvalue weighted by Gasteiger charge is 2.56. The van der Waals surface area contributed by atoms with Crippen LogP contribution in [0.25, 0.3) is 0 Å². The van der Waals surface area contributed by atoms with E-state index in [1.54, 1.807) is 24.3 Å². The van der Waals surface area contributed by atoms with Crippen molar-refractivity contribution in [3.63, 3.8) is 0 Å². The summed E-state index contributed by atoms with van der Waals surface area (Å²) in [5.41, 5.74) is -1.14. The molecule has 20 heavy (non-hydrogen) atoms. The first-order chi connectivity index (χ1) is 9.45. The van der Waals surface area contributed by atoms with Crippen LogP contribution in [-0.2, 0) is 17.0 Å². The zero-order chi connectivity index (χ0) is 14.4. The van der Waals surface area contributed by atoms with Crippen LogP contribution in [0.1, 0.15) is 37.0 Å². The van der Waals surface area contributed by atoms with Gasteiger partial charge in [0.2, 0.25) is 5.89 Å². The number of aromatic nitrogens is 2. The summed E-state index contributed by atoms with van der Waals surface area (Å²) in [5.74, 6) is 1.06. The lowest BCUT2D eigenvalue weighted by atomic mass is 9.58. The number of rotatable bonds is 3. The molecule has 0 saturated heterocycles. The zero-order valence-corrected chi connectivity index (χ0v) is 12.4. The van der Waals surface area contributed by atoms with Crippen molar-refractivity contribution in [3.8, 4) is 0 Å². The van der Waals surface area contributed by atoms with E-state index >= 15 is 0 Å². The number of halogens is 3. The lowest BCUT2D eigenvalue weighted by Gasteiger charge is -2.48. The fraction of sp³-hybridized carbons (Fsp3) is 0.429. The van der Waals surface area contributed by atoms with Gasteiger partial charge < -0.3 is 4.52 Å². The highest BCUT2D eigenvalue weighted by molar-refractivity contribution is 6.30. The molecule has 0 unspecified atom stereocenters. The van der Waals surface area contributed by atoms with Gasteiger partial charge in [-0.3, -0.25) is 0 Å². The average Bonchev–Trinajstić information content (AvgIpc) is 2.87. The van der Waals surface area contributed by atoms with Gasteiger partial charge in [0.25, 0.3) is 0 Å². The van der Waals surface area contributed by atoms with Crippen molar-refractivity contribution in [2.75, 3.05) is 0 Å². The molecular weight excluding hydrogens is 302 g/mol. The summed E-state index contributed by atoms with van der Waals surface area (Å²) in [6.45, 7) is 1.93. The predicted molar refractivity (Wildman–Crippen MR) is 74.7 cm³/mol. The topological polar surface area (TPSA) is 38.9 Å². The number of benzene rings is 1. The SMILES string of the molecule is CC1(c2noc(CCl)n2)CC(F)(c2ccc(Cl)cc2)C1. The van der Waals surface area contributed by atoms with E-state index < -0.39 is 11.1 Å². The Kier molecular flexibility index (Phi) is 3.26. The second kappa shape index (κ2) is 4.71. The van der Waals surface area contributed by atoms with Gasteiger partial charge in [0.15, 0.2) is 5.82 Å². The maximum atomic E-state index is 14.9. The van der Waals surface area contributed by atoms with Gasteiger partial charge in [-0.25, -0.2) is 4.39 Å². The standard InChI is InChI=1S/C14H13Cl2FN2O/c1-13(12-18-11(6-15)20-19-12)7-14(17,8-13)9-2-4-10(16)5-3-9/h2-5H,6-8H2,1H3. The van der Waals surface area contributed by atoms with Crippen LogP contribution >= 0.6 is 23.2 Å². The van der Waals surface area contributed by atoms with E-state index in [4.69, 9.17) is 27.7 Å². The number of nitrogens with zero attached hydrogens (tertiary/aromatic N) is 2. The molecule has 6 heteroatoms. The molecule has 1 aromatic carbocycles. The van der Waals surface area contributed by atoms with Crippen molar-refractivity contribution in [1.82, 2.24) is 10.1 Å². The van der Waals surface area contributed by atoms with E-state index in [-0.39, 0.29) is 5.88 Å². The number of hydrogen-bond acceptors (Lipinski definition) is 3. The molecule has 0 aliphatic heterocycles. The first-order valence-corrected chi connectivity index (χ1v) is 7.20. The molecular formula is C14H13Cl2FN2O. The van der Waals surface area contributed by atoms with Crippen LogP contribution in [0, 0.1) is 0 Å². The summed E-state index contributed by atoms with van der Waals surface area (Å²) in [6.07, 6.45) is 0.645. The molecule has 0 atom stereocenters. The molecule has 0 N–H and O–H groups in total. The monoisotopic (exact) mass is 314 g/mol. The lowest BCUT2D eigenvalue weighted by molar-refractivity contribution is -0.0191. The van der Waals surface area contributed by atoms with E-state index in [1.165, 1.54) is 0 Å². The van der Waals surface area contributed by atoms with Gasteiger partial charge in [0, 0.05) is 10.4 Å². The minimum Gasteiger partial charge on any atom is -0.338 e. The average molecular weight is 315 g/mol. The highest BCUT2D eigenvalue weighted by atomic mass is 35.5.